The van der Waals surface area contributed by atoms with Crippen molar-refractivity contribution in [2.45, 2.75) is 52.4 Å². The summed E-state index contributed by atoms with van der Waals surface area (Å²) in [5, 5.41) is 15.1. The van der Waals surface area contributed by atoms with E-state index in [2.05, 4.69) is 25.7 Å². The molecule has 0 bridgehead atoms. The fraction of sp³-hybridized carbons (Fsp3) is 0.409. The lowest BCUT2D eigenvalue weighted by Crippen LogP contribution is -2.48. The van der Waals surface area contributed by atoms with Crippen molar-refractivity contribution in [2.24, 2.45) is 0 Å². The van der Waals surface area contributed by atoms with Crippen LogP contribution in [-0.4, -0.2) is 45.0 Å². The number of carbonyl (C=O) groups excluding carboxylic acids is 1. The molecule has 4 rings (SSSR count). The SMILES string of the molecule is CCOC1CC(NC(=O)c2ccc(OCc3c(-c4ccc(C)nc4)noc3C)nn2)C1. The van der Waals surface area contributed by atoms with Crippen LogP contribution in [0.5, 0.6) is 5.88 Å². The smallest absolute Gasteiger partial charge is 0.272 e. The molecule has 162 valence electrons. The van der Waals surface area contributed by atoms with E-state index in [9.17, 15) is 4.79 Å². The molecule has 0 radical (unpaired) electrons. The minimum atomic E-state index is -0.247. The van der Waals surface area contributed by atoms with Gasteiger partial charge in [0.2, 0.25) is 5.88 Å². The van der Waals surface area contributed by atoms with Crippen LogP contribution in [0.15, 0.2) is 35.0 Å². The number of nitrogens with one attached hydrogen (secondary N) is 1. The third-order valence-corrected chi connectivity index (χ3v) is 5.24. The highest BCUT2D eigenvalue weighted by molar-refractivity contribution is 5.92. The summed E-state index contributed by atoms with van der Waals surface area (Å²) in [5.74, 6) is 0.721. The van der Waals surface area contributed by atoms with Crippen molar-refractivity contribution in [3.63, 3.8) is 0 Å². The van der Waals surface area contributed by atoms with Crippen LogP contribution in [0.2, 0.25) is 0 Å². The van der Waals surface area contributed by atoms with Crippen molar-refractivity contribution < 1.29 is 18.8 Å². The first kappa shape index (κ1) is 20.9. The molecular formula is C22H25N5O4. The lowest BCUT2D eigenvalue weighted by molar-refractivity contribution is -0.00867. The highest BCUT2D eigenvalue weighted by atomic mass is 16.5. The van der Waals surface area contributed by atoms with E-state index in [0.29, 0.717) is 23.9 Å². The Morgan fingerprint density at radius 2 is 2.03 bits per heavy atom. The quantitative estimate of drug-likeness (QED) is 0.588. The highest BCUT2D eigenvalue weighted by Gasteiger charge is 2.31. The van der Waals surface area contributed by atoms with Crippen LogP contribution in [0.3, 0.4) is 0 Å². The summed E-state index contributed by atoms with van der Waals surface area (Å²) in [7, 11) is 0. The zero-order valence-corrected chi connectivity index (χ0v) is 17.8. The van der Waals surface area contributed by atoms with Crippen LogP contribution in [-0.2, 0) is 11.3 Å². The predicted molar refractivity (Wildman–Crippen MR) is 111 cm³/mol. The Morgan fingerprint density at radius 1 is 1.19 bits per heavy atom. The average Bonchev–Trinajstić information content (AvgIpc) is 3.12. The Morgan fingerprint density at radius 3 is 2.71 bits per heavy atom. The maximum atomic E-state index is 12.3. The van der Waals surface area contributed by atoms with Gasteiger partial charge in [0.05, 0.1) is 11.7 Å². The van der Waals surface area contributed by atoms with E-state index in [1.54, 1.807) is 18.3 Å². The van der Waals surface area contributed by atoms with Crippen LogP contribution >= 0.6 is 0 Å². The fourth-order valence-electron chi connectivity index (χ4n) is 3.37. The van der Waals surface area contributed by atoms with Gasteiger partial charge in [-0.2, -0.15) is 0 Å². The lowest BCUT2D eigenvalue weighted by atomic mass is 9.89. The number of hydrogen-bond acceptors (Lipinski definition) is 8. The Bertz CT molecular complexity index is 1030. The zero-order chi connectivity index (χ0) is 21.8. The molecule has 0 unspecified atom stereocenters. The molecule has 9 nitrogen and oxygen atoms in total. The zero-order valence-electron chi connectivity index (χ0n) is 17.8. The monoisotopic (exact) mass is 423 g/mol. The summed E-state index contributed by atoms with van der Waals surface area (Å²) in [6, 6.07) is 7.20. The molecule has 31 heavy (non-hydrogen) atoms. The summed E-state index contributed by atoms with van der Waals surface area (Å²) in [5.41, 5.74) is 3.51. The van der Waals surface area contributed by atoms with E-state index in [-0.39, 0.29) is 30.4 Å². The fourth-order valence-corrected chi connectivity index (χ4v) is 3.37. The summed E-state index contributed by atoms with van der Waals surface area (Å²) in [6.07, 6.45) is 3.64. The van der Waals surface area contributed by atoms with Crippen molar-refractivity contribution in [3.8, 4) is 17.1 Å². The Balaban J connectivity index is 1.34. The molecule has 1 N–H and O–H groups in total. The second-order valence-electron chi connectivity index (χ2n) is 7.52. The maximum absolute atomic E-state index is 12.3. The summed E-state index contributed by atoms with van der Waals surface area (Å²) >= 11 is 0. The summed E-state index contributed by atoms with van der Waals surface area (Å²) in [4.78, 5) is 16.6. The van der Waals surface area contributed by atoms with Gasteiger partial charge in [-0.1, -0.05) is 5.16 Å². The predicted octanol–water partition coefficient (Wildman–Crippen LogP) is 3.02. The van der Waals surface area contributed by atoms with Gasteiger partial charge in [-0.3, -0.25) is 9.78 Å². The number of pyridine rings is 1. The molecule has 3 heterocycles. The molecular weight excluding hydrogens is 398 g/mol. The molecule has 0 atom stereocenters. The maximum Gasteiger partial charge on any atom is 0.272 e. The molecule has 0 aromatic carbocycles. The molecule has 1 aliphatic carbocycles. The van der Waals surface area contributed by atoms with Gasteiger partial charge in [0.1, 0.15) is 18.1 Å². The molecule has 0 saturated heterocycles. The Labute approximate surface area is 180 Å². The van der Waals surface area contributed by atoms with E-state index in [4.69, 9.17) is 14.0 Å². The van der Waals surface area contributed by atoms with Gasteiger partial charge >= 0.3 is 0 Å². The van der Waals surface area contributed by atoms with Crippen molar-refractivity contribution in [2.75, 3.05) is 6.61 Å². The van der Waals surface area contributed by atoms with E-state index in [1.165, 1.54) is 0 Å². The van der Waals surface area contributed by atoms with Crippen molar-refractivity contribution in [1.29, 1.82) is 0 Å². The van der Waals surface area contributed by atoms with E-state index in [1.807, 2.05) is 32.9 Å². The standard InChI is InChI=1S/C22H25N5O4/c1-4-29-17-9-16(10-17)24-22(28)19-7-8-20(26-25-19)30-12-18-14(3)31-27-21(18)15-6-5-13(2)23-11-15/h5-8,11,16-17H,4,9-10,12H2,1-3H3,(H,24,28). The first-order chi connectivity index (χ1) is 15.0. The first-order valence-electron chi connectivity index (χ1n) is 10.3. The van der Waals surface area contributed by atoms with Crippen LogP contribution in [0.1, 0.15) is 47.3 Å². The normalized spacial score (nSPS) is 17.8. The number of ether oxygens (including phenoxy) is 2. The van der Waals surface area contributed by atoms with Gasteiger partial charge in [-0.25, -0.2) is 0 Å². The highest BCUT2D eigenvalue weighted by Crippen LogP contribution is 2.26. The van der Waals surface area contributed by atoms with Gasteiger partial charge in [0, 0.05) is 36.2 Å². The van der Waals surface area contributed by atoms with Gasteiger partial charge in [0.25, 0.3) is 5.91 Å². The topological polar surface area (TPSA) is 112 Å². The summed E-state index contributed by atoms with van der Waals surface area (Å²) in [6.45, 7) is 6.62. The molecule has 0 aliphatic heterocycles. The van der Waals surface area contributed by atoms with E-state index in [0.717, 1.165) is 29.7 Å². The van der Waals surface area contributed by atoms with E-state index < -0.39 is 0 Å². The first-order valence-corrected chi connectivity index (χ1v) is 10.3. The number of hydrogen-bond donors (Lipinski definition) is 1. The van der Waals surface area contributed by atoms with Crippen molar-refractivity contribution in [1.82, 2.24) is 25.7 Å². The number of aryl methyl sites for hydroxylation is 2. The van der Waals surface area contributed by atoms with Crippen molar-refractivity contribution in [3.05, 3.63) is 53.2 Å². The third kappa shape index (κ3) is 4.88. The molecule has 1 amide bonds. The van der Waals surface area contributed by atoms with Crippen LogP contribution in [0.25, 0.3) is 11.3 Å². The van der Waals surface area contributed by atoms with Gasteiger partial charge in [-0.15, -0.1) is 10.2 Å². The molecule has 1 fully saturated rings. The van der Waals surface area contributed by atoms with E-state index >= 15 is 0 Å². The van der Waals surface area contributed by atoms with Crippen LogP contribution in [0.4, 0.5) is 0 Å². The number of rotatable bonds is 8. The lowest BCUT2D eigenvalue weighted by Gasteiger charge is -2.35. The second kappa shape index (κ2) is 9.22. The molecule has 3 aromatic heterocycles. The van der Waals surface area contributed by atoms with Crippen LogP contribution in [0, 0.1) is 13.8 Å². The number of nitrogens with zero attached hydrogens (tertiary/aromatic N) is 4. The second-order valence-corrected chi connectivity index (χ2v) is 7.52. The average molecular weight is 423 g/mol. The molecule has 1 aliphatic rings. The Hall–Kier alpha value is -3.33. The molecule has 0 spiro atoms. The number of amides is 1. The molecule has 3 aromatic rings. The molecule has 1 saturated carbocycles. The minimum absolute atomic E-state index is 0.119. The van der Waals surface area contributed by atoms with Crippen molar-refractivity contribution >= 4 is 5.91 Å². The number of aromatic nitrogens is 4. The molecule has 9 heteroatoms. The largest absolute Gasteiger partial charge is 0.472 e. The third-order valence-electron chi connectivity index (χ3n) is 5.24. The van der Waals surface area contributed by atoms with Gasteiger partial charge in [-0.05, 0) is 51.8 Å². The van der Waals surface area contributed by atoms with Gasteiger partial charge < -0.3 is 19.3 Å². The Kier molecular flexibility index (Phi) is 6.22. The summed E-state index contributed by atoms with van der Waals surface area (Å²) < 4.78 is 16.6. The van der Waals surface area contributed by atoms with Crippen LogP contribution < -0.4 is 10.1 Å². The minimum Gasteiger partial charge on any atom is -0.472 e. The van der Waals surface area contributed by atoms with Gasteiger partial charge in [0.15, 0.2) is 5.69 Å². The number of carbonyl (C=O) groups is 1.